The Kier molecular flexibility index (Phi) is 6.21. The summed E-state index contributed by atoms with van der Waals surface area (Å²) in [6.07, 6.45) is 0.0412. The van der Waals surface area contributed by atoms with Crippen molar-refractivity contribution in [1.82, 2.24) is 5.43 Å². The highest BCUT2D eigenvalue weighted by molar-refractivity contribution is 6.33. The van der Waals surface area contributed by atoms with Crippen LogP contribution < -0.4 is 15.2 Å². The third kappa shape index (κ3) is 4.48. The van der Waals surface area contributed by atoms with Crippen LogP contribution in [0.4, 0.5) is 11.4 Å². The minimum Gasteiger partial charge on any atom is -0.471 e. The summed E-state index contributed by atoms with van der Waals surface area (Å²) in [5.74, 6) is -2.38. The van der Waals surface area contributed by atoms with Gasteiger partial charge in [-0.15, -0.1) is 0 Å². The van der Waals surface area contributed by atoms with Gasteiger partial charge in [-0.1, -0.05) is 29.8 Å². The maximum Gasteiger partial charge on any atom is 0.346 e. The molecule has 2 aromatic carbocycles. The number of carbonyl (C=O) groups excluding carboxylic acids is 3. The molecule has 0 unspecified atom stereocenters. The van der Waals surface area contributed by atoms with Gasteiger partial charge in [0.05, 0.1) is 22.7 Å². The molecule has 10 nitrogen and oxygen atoms in total. The number of para-hydroxylation sites is 1. The van der Waals surface area contributed by atoms with Crippen molar-refractivity contribution < 1.29 is 28.8 Å². The van der Waals surface area contributed by atoms with Crippen molar-refractivity contribution in [3.8, 4) is 5.75 Å². The summed E-state index contributed by atoms with van der Waals surface area (Å²) >= 11 is 6.15. The van der Waals surface area contributed by atoms with Gasteiger partial charge < -0.3 is 9.47 Å². The van der Waals surface area contributed by atoms with Gasteiger partial charge in [0.15, 0.2) is 6.10 Å². The summed E-state index contributed by atoms with van der Waals surface area (Å²) < 4.78 is 9.84. The summed E-state index contributed by atoms with van der Waals surface area (Å²) in [5.41, 5.74) is 2.24. The average Bonchev–Trinajstić information content (AvgIpc) is 3.03. The smallest absolute Gasteiger partial charge is 0.346 e. The van der Waals surface area contributed by atoms with Gasteiger partial charge in [0.1, 0.15) is 5.57 Å². The number of benzene rings is 2. The molecule has 0 aromatic heterocycles. The van der Waals surface area contributed by atoms with Crippen LogP contribution in [0.2, 0.25) is 5.02 Å². The molecule has 0 spiro atoms. The van der Waals surface area contributed by atoms with E-state index < -0.39 is 34.5 Å². The molecule has 0 saturated carbocycles. The average molecular weight is 446 g/mol. The van der Waals surface area contributed by atoms with Crippen LogP contribution >= 0.6 is 11.6 Å². The van der Waals surface area contributed by atoms with E-state index >= 15 is 0 Å². The zero-order valence-corrected chi connectivity index (χ0v) is 17.1. The monoisotopic (exact) mass is 445 g/mol. The highest BCUT2D eigenvalue weighted by Gasteiger charge is 2.35. The second-order valence-corrected chi connectivity index (χ2v) is 6.77. The summed E-state index contributed by atoms with van der Waals surface area (Å²) in [6, 6.07) is 10.8. The first-order chi connectivity index (χ1) is 14.7. The van der Waals surface area contributed by atoms with E-state index in [4.69, 9.17) is 16.3 Å². The Hall–Kier alpha value is -3.92. The van der Waals surface area contributed by atoms with Gasteiger partial charge in [-0.2, -0.15) is 0 Å². The van der Waals surface area contributed by atoms with Crippen LogP contribution in [-0.2, 0) is 19.1 Å². The number of nitrogens with zero attached hydrogens (tertiary/aromatic N) is 2. The van der Waals surface area contributed by atoms with Crippen molar-refractivity contribution in [2.24, 2.45) is 0 Å². The lowest BCUT2D eigenvalue weighted by molar-refractivity contribution is -0.386. The largest absolute Gasteiger partial charge is 0.471 e. The van der Waals surface area contributed by atoms with E-state index in [1.165, 1.54) is 19.1 Å². The summed E-state index contributed by atoms with van der Waals surface area (Å²) in [5, 5.41) is 12.4. The summed E-state index contributed by atoms with van der Waals surface area (Å²) in [4.78, 5) is 47.3. The standard InChI is InChI=1S/C20H16ClN3O7/c1-11(20(27)30-2)31-17-15(21)9-12(10-16(17)24(28)29)8-14-18(25)22-23(19(14)26)13-6-4-3-5-7-13/h3-11H,1-2H3,(H,22,25)/b14-8-/t11-/m0/s1. The lowest BCUT2D eigenvalue weighted by Crippen LogP contribution is -2.35. The molecule has 3 rings (SSSR count). The topological polar surface area (TPSA) is 128 Å². The minimum absolute atomic E-state index is 0.128. The van der Waals surface area contributed by atoms with Crippen molar-refractivity contribution >= 4 is 46.8 Å². The third-order valence-corrected chi connectivity index (χ3v) is 4.57. The van der Waals surface area contributed by atoms with Gasteiger partial charge in [-0.05, 0) is 36.8 Å². The molecule has 31 heavy (non-hydrogen) atoms. The van der Waals surface area contributed by atoms with Gasteiger partial charge >= 0.3 is 11.7 Å². The Morgan fingerprint density at radius 3 is 2.55 bits per heavy atom. The maximum atomic E-state index is 12.7. The van der Waals surface area contributed by atoms with Crippen LogP contribution in [0.1, 0.15) is 12.5 Å². The highest BCUT2D eigenvalue weighted by atomic mass is 35.5. The van der Waals surface area contributed by atoms with E-state index in [9.17, 15) is 24.5 Å². The second kappa shape index (κ2) is 8.84. The summed E-state index contributed by atoms with van der Waals surface area (Å²) in [7, 11) is 1.15. The molecule has 160 valence electrons. The number of amides is 2. The van der Waals surface area contributed by atoms with Crippen molar-refractivity contribution in [3.05, 3.63) is 68.7 Å². The summed E-state index contributed by atoms with van der Waals surface area (Å²) in [6.45, 7) is 1.35. The van der Waals surface area contributed by atoms with Crippen molar-refractivity contribution in [1.29, 1.82) is 0 Å². The number of methoxy groups -OCH3 is 1. The molecule has 1 aliphatic rings. The number of ether oxygens (including phenoxy) is 2. The van der Waals surface area contributed by atoms with Crippen molar-refractivity contribution in [2.45, 2.75) is 13.0 Å². The predicted octanol–water partition coefficient (Wildman–Crippen LogP) is 2.65. The molecule has 1 fully saturated rings. The Morgan fingerprint density at radius 2 is 1.94 bits per heavy atom. The van der Waals surface area contributed by atoms with Gasteiger partial charge in [0, 0.05) is 6.07 Å². The number of hydrogen-bond donors (Lipinski definition) is 1. The van der Waals surface area contributed by atoms with Crippen LogP contribution in [0.5, 0.6) is 5.75 Å². The fourth-order valence-electron chi connectivity index (χ4n) is 2.81. The molecular formula is C20H16ClN3O7. The normalized spacial score (nSPS) is 15.6. The molecule has 0 radical (unpaired) electrons. The zero-order chi connectivity index (χ0) is 22.7. The van der Waals surface area contributed by atoms with E-state index in [-0.39, 0.29) is 21.9 Å². The number of halogens is 1. The van der Waals surface area contributed by atoms with E-state index in [1.54, 1.807) is 30.3 Å². The number of esters is 1. The Morgan fingerprint density at radius 1 is 1.26 bits per heavy atom. The van der Waals surface area contributed by atoms with E-state index in [2.05, 4.69) is 10.2 Å². The molecule has 1 aliphatic heterocycles. The molecule has 1 heterocycles. The molecule has 1 saturated heterocycles. The first kappa shape index (κ1) is 21.8. The van der Waals surface area contributed by atoms with Crippen LogP contribution in [-0.4, -0.2) is 35.9 Å². The van der Waals surface area contributed by atoms with Crippen molar-refractivity contribution in [3.63, 3.8) is 0 Å². The molecule has 2 amide bonds. The number of rotatable bonds is 6. The Labute approximate surface area is 181 Å². The third-order valence-electron chi connectivity index (χ3n) is 4.29. The van der Waals surface area contributed by atoms with Gasteiger partial charge in [0.25, 0.3) is 11.8 Å². The van der Waals surface area contributed by atoms with E-state index in [0.29, 0.717) is 5.69 Å². The van der Waals surface area contributed by atoms with Gasteiger partial charge in [-0.3, -0.25) is 25.1 Å². The molecule has 0 aliphatic carbocycles. The molecule has 0 bridgehead atoms. The van der Waals surface area contributed by atoms with E-state index in [1.807, 2.05) is 0 Å². The molecule has 2 aromatic rings. The zero-order valence-electron chi connectivity index (χ0n) is 16.3. The minimum atomic E-state index is -1.15. The first-order valence-corrected chi connectivity index (χ1v) is 9.25. The fraction of sp³-hybridized carbons (Fsp3) is 0.150. The Balaban J connectivity index is 1.97. The number of anilines is 1. The molecule has 1 N–H and O–H groups in total. The lowest BCUT2D eigenvalue weighted by Gasteiger charge is -2.14. The van der Waals surface area contributed by atoms with Gasteiger partial charge in [0.2, 0.25) is 5.75 Å². The maximum absolute atomic E-state index is 12.7. The van der Waals surface area contributed by atoms with Crippen LogP contribution in [0, 0.1) is 10.1 Å². The predicted molar refractivity (Wildman–Crippen MR) is 110 cm³/mol. The molecular weight excluding hydrogens is 430 g/mol. The van der Waals surface area contributed by atoms with E-state index in [0.717, 1.165) is 18.2 Å². The number of nitrogens with one attached hydrogen (secondary N) is 1. The molecule has 11 heteroatoms. The van der Waals surface area contributed by atoms with Gasteiger partial charge in [-0.25, -0.2) is 9.80 Å². The number of nitro groups is 1. The van der Waals surface area contributed by atoms with Crippen LogP contribution in [0.25, 0.3) is 6.08 Å². The number of hydrogen-bond acceptors (Lipinski definition) is 7. The van der Waals surface area contributed by atoms with Crippen LogP contribution in [0.15, 0.2) is 48.0 Å². The van der Waals surface area contributed by atoms with Crippen molar-refractivity contribution in [2.75, 3.05) is 12.1 Å². The highest BCUT2D eigenvalue weighted by Crippen LogP contribution is 2.38. The van der Waals surface area contributed by atoms with Crippen LogP contribution in [0.3, 0.4) is 0 Å². The number of hydrazine groups is 1. The lowest BCUT2D eigenvalue weighted by atomic mass is 10.1. The number of nitro benzene ring substituents is 1. The fourth-order valence-corrected chi connectivity index (χ4v) is 3.08. The quantitative estimate of drug-likeness (QED) is 0.238. The molecule has 1 atom stereocenters. The first-order valence-electron chi connectivity index (χ1n) is 8.87. The Bertz CT molecular complexity index is 1100. The second-order valence-electron chi connectivity index (χ2n) is 6.37. The number of carbonyl (C=O) groups is 3. The SMILES string of the molecule is COC(=O)[C@H](C)Oc1c(Cl)cc(/C=C2/C(=O)NN(c3ccccc3)C2=O)cc1[N+](=O)[O-].